The molecule has 0 saturated heterocycles. The van der Waals surface area contributed by atoms with E-state index in [0.29, 0.717) is 17.0 Å². The Labute approximate surface area is 174 Å². The molecule has 0 aliphatic rings. The second-order valence-corrected chi connectivity index (χ2v) is 7.05. The molecule has 6 heteroatoms. The first-order valence-electron chi connectivity index (χ1n) is 9.64. The van der Waals surface area contributed by atoms with Gasteiger partial charge in [0, 0.05) is 12.1 Å². The summed E-state index contributed by atoms with van der Waals surface area (Å²) in [6, 6.07) is 17.4. The quantitative estimate of drug-likeness (QED) is 0.302. The second-order valence-electron chi connectivity index (χ2n) is 7.05. The lowest BCUT2D eigenvalue weighted by molar-refractivity contribution is -0.253. The monoisotopic (exact) mass is 409 g/mol. The van der Waals surface area contributed by atoms with Gasteiger partial charge in [0.25, 0.3) is 0 Å². The van der Waals surface area contributed by atoms with Crippen LogP contribution in [0.3, 0.4) is 0 Å². The van der Waals surface area contributed by atoms with E-state index in [4.69, 9.17) is 9.99 Å². The van der Waals surface area contributed by atoms with Crippen molar-refractivity contribution >= 4 is 11.9 Å². The molecule has 0 bridgehead atoms. The molecule has 1 atom stereocenters. The maximum atomic E-state index is 14.3. The van der Waals surface area contributed by atoms with Crippen molar-refractivity contribution in [2.24, 2.45) is 0 Å². The molecule has 3 rings (SSSR count). The van der Waals surface area contributed by atoms with E-state index in [-0.39, 0.29) is 25.0 Å². The zero-order valence-corrected chi connectivity index (χ0v) is 16.9. The van der Waals surface area contributed by atoms with Crippen LogP contribution in [0.15, 0.2) is 66.7 Å². The van der Waals surface area contributed by atoms with E-state index in [2.05, 4.69) is 4.89 Å². The van der Waals surface area contributed by atoms with Gasteiger partial charge in [0.15, 0.2) is 5.95 Å². The Morgan fingerprint density at radius 2 is 1.93 bits per heavy atom. The Balaban J connectivity index is 1.72. The summed E-state index contributed by atoms with van der Waals surface area (Å²) in [4.78, 5) is 16.9. The number of ketones is 1. The molecule has 1 heterocycles. The van der Waals surface area contributed by atoms with Gasteiger partial charge in [-0.3, -0.25) is 10.1 Å². The maximum absolute atomic E-state index is 14.3. The molecule has 0 spiro atoms. The lowest BCUT2D eigenvalue weighted by Crippen LogP contribution is -2.18. The Morgan fingerprint density at radius 1 is 1.17 bits per heavy atom. The minimum atomic E-state index is -0.468. The van der Waals surface area contributed by atoms with Crippen molar-refractivity contribution in [2.45, 2.75) is 26.5 Å². The van der Waals surface area contributed by atoms with Crippen LogP contribution < -0.4 is 4.74 Å². The summed E-state index contributed by atoms with van der Waals surface area (Å²) in [6.45, 7) is 4.00. The van der Waals surface area contributed by atoms with Crippen LogP contribution in [0.25, 0.3) is 6.08 Å². The predicted molar refractivity (Wildman–Crippen MR) is 113 cm³/mol. The number of nitrogens with zero attached hydrogens (tertiary/aromatic N) is 1. The number of hydrogen-bond donors (Lipinski definition) is 1. The average Bonchev–Trinajstić information content (AvgIpc) is 3.09. The molecule has 0 amide bonds. The van der Waals surface area contributed by atoms with Crippen molar-refractivity contribution in [3.05, 3.63) is 95.1 Å². The van der Waals surface area contributed by atoms with Gasteiger partial charge < -0.3 is 9.30 Å². The molecule has 5 nitrogen and oxygen atoms in total. The maximum Gasteiger partial charge on any atom is 0.209 e. The summed E-state index contributed by atoms with van der Waals surface area (Å²) >= 11 is 0. The number of hydrogen-bond acceptors (Lipinski definition) is 4. The smallest absolute Gasteiger partial charge is 0.209 e. The van der Waals surface area contributed by atoms with Crippen LogP contribution in [0, 0.1) is 12.9 Å². The van der Waals surface area contributed by atoms with Gasteiger partial charge in [-0.25, -0.2) is 4.89 Å². The van der Waals surface area contributed by atoms with Crippen LogP contribution >= 0.6 is 0 Å². The summed E-state index contributed by atoms with van der Waals surface area (Å²) in [7, 11) is 0. The van der Waals surface area contributed by atoms with Crippen LogP contribution in [0.5, 0.6) is 5.75 Å². The first-order valence-corrected chi connectivity index (χ1v) is 9.64. The molecule has 30 heavy (non-hydrogen) atoms. The number of aryl methyl sites for hydroxylation is 1. The molecule has 0 radical (unpaired) electrons. The lowest BCUT2D eigenvalue weighted by Gasteiger charge is -2.13. The van der Waals surface area contributed by atoms with Crippen molar-refractivity contribution in [1.29, 1.82) is 0 Å². The summed E-state index contributed by atoms with van der Waals surface area (Å²) in [5.74, 6) is -0.0584. The fourth-order valence-corrected chi connectivity index (χ4v) is 3.04. The molecule has 2 aromatic carbocycles. The average molecular weight is 409 g/mol. The van der Waals surface area contributed by atoms with E-state index in [0.717, 1.165) is 11.1 Å². The molecular formula is C24H24FNO4. The van der Waals surface area contributed by atoms with Gasteiger partial charge in [0.2, 0.25) is 5.78 Å². The summed E-state index contributed by atoms with van der Waals surface area (Å²) in [5.41, 5.74) is 2.75. The third-order valence-corrected chi connectivity index (χ3v) is 4.58. The third kappa shape index (κ3) is 5.43. The zero-order chi connectivity index (χ0) is 21.5. The highest BCUT2D eigenvalue weighted by Crippen LogP contribution is 2.18. The standard InChI is InChI=1S/C24H24FNO4/c1-17-8-10-20(11-9-17)24(27)22-12-13-23(25)26(22)14-4-6-19-5-3-7-21(15-19)30-18(2)16-29-28/h3-13,15,18,28H,14,16H2,1-2H3/b6-4+/t18-/m0/s1. The molecule has 1 N–H and O–H groups in total. The number of allylic oxidation sites excluding steroid dienone is 1. The molecule has 1 aromatic heterocycles. The molecule has 156 valence electrons. The SMILES string of the molecule is Cc1ccc(C(=O)c2ccc(F)n2C/C=C/c2cccc(O[C@@H](C)COO)c2)cc1. The Bertz CT molecular complexity index is 1020. The van der Waals surface area contributed by atoms with E-state index in [1.54, 1.807) is 31.2 Å². The van der Waals surface area contributed by atoms with Crippen molar-refractivity contribution in [2.75, 3.05) is 6.61 Å². The van der Waals surface area contributed by atoms with E-state index in [1.807, 2.05) is 43.3 Å². The summed E-state index contributed by atoms with van der Waals surface area (Å²) < 4.78 is 21.3. The number of benzene rings is 2. The van der Waals surface area contributed by atoms with Gasteiger partial charge in [-0.1, -0.05) is 54.1 Å². The highest BCUT2D eigenvalue weighted by Gasteiger charge is 2.16. The molecule has 0 unspecified atom stereocenters. The van der Waals surface area contributed by atoms with Gasteiger partial charge >= 0.3 is 0 Å². The molecule has 0 saturated carbocycles. The lowest BCUT2D eigenvalue weighted by atomic mass is 10.1. The number of carbonyl (C=O) groups is 1. The van der Waals surface area contributed by atoms with E-state index < -0.39 is 5.95 Å². The summed E-state index contributed by atoms with van der Waals surface area (Å²) in [5, 5.41) is 8.50. The van der Waals surface area contributed by atoms with Gasteiger partial charge in [0.05, 0.1) is 5.69 Å². The van der Waals surface area contributed by atoms with E-state index in [1.165, 1.54) is 16.7 Å². The van der Waals surface area contributed by atoms with Gasteiger partial charge in [0.1, 0.15) is 18.5 Å². The fraction of sp³-hybridized carbons (Fsp3) is 0.208. The van der Waals surface area contributed by atoms with Crippen molar-refractivity contribution in [3.63, 3.8) is 0 Å². The molecule has 3 aromatic rings. The topological polar surface area (TPSA) is 60.7 Å². The third-order valence-electron chi connectivity index (χ3n) is 4.58. The normalized spacial score (nSPS) is 12.3. The highest BCUT2D eigenvalue weighted by atomic mass is 19.1. The zero-order valence-electron chi connectivity index (χ0n) is 16.9. The van der Waals surface area contributed by atoms with Crippen molar-refractivity contribution in [3.8, 4) is 5.75 Å². The first kappa shape index (κ1) is 21.5. The van der Waals surface area contributed by atoms with Crippen LogP contribution in [0.2, 0.25) is 0 Å². The number of aromatic nitrogens is 1. The van der Waals surface area contributed by atoms with Gasteiger partial charge in [-0.15, -0.1) is 0 Å². The molecular weight excluding hydrogens is 385 g/mol. The number of carbonyl (C=O) groups excluding carboxylic acids is 1. The van der Waals surface area contributed by atoms with Crippen molar-refractivity contribution < 1.29 is 24.1 Å². The summed E-state index contributed by atoms with van der Waals surface area (Å²) in [6.07, 6.45) is 3.31. The second kappa shape index (κ2) is 10.0. The number of rotatable bonds is 9. The molecule has 0 aliphatic heterocycles. The minimum absolute atomic E-state index is 0.0603. The largest absolute Gasteiger partial charge is 0.488 e. The van der Waals surface area contributed by atoms with Crippen LogP contribution in [0.4, 0.5) is 4.39 Å². The highest BCUT2D eigenvalue weighted by molar-refractivity contribution is 6.08. The van der Waals surface area contributed by atoms with E-state index >= 15 is 0 Å². The minimum Gasteiger partial charge on any atom is -0.488 e. The van der Waals surface area contributed by atoms with Crippen LogP contribution in [-0.2, 0) is 11.4 Å². The van der Waals surface area contributed by atoms with Gasteiger partial charge in [-0.05, 0) is 43.7 Å². The number of halogens is 1. The Kier molecular flexibility index (Phi) is 7.17. The first-order chi connectivity index (χ1) is 14.5. The fourth-order valence-electron chi connectivity index (χ4n) is 3.04. The Morgan fingerprint density at radius 3 is 2.67 bits per heavy atom. The predicted octanol–water partition coefficient (Wildman–Crippen LogP) is 5.14. The Hall–Kier alpha value is -3.22. The van der Waals surface area contributed by atoms with Crippen molar-refractivity contribution in [1.82, 2.24) is 4.57 Å². The van der Waals surface area contributed by atoms with Crippen LogP contribution in [0.1, 0.15) is 34.1 Å². The van der Waals surface area contributed by atoms with Gasteiger partial charge in [-0.2, -0.15) is 4.39 Å². The molecule has 0 aliphatic carbocycles. The van der Waals surface area contributed by atoms with E-state index in [9.17, 15) is 9.18 Å². The number of ether oxygens (including phenoxy) is 1. The van der Waals surface area contributed by atoms with Crippen LogP contribution in [-0.4, -0.2) is 28.3 Å². The molecule has 0 fully saturated rings.